The quantitative estimate of drug-likeness (QED) is 0.789. The number of benzene rings is 2. The van der Waals surface area contributed by atoms with E-state index in [9.17, 15) is 9.59 Å². The number of piperidine rings is 1. The van der Waals surface area contributed by atoms with Crippen LogP contribution in [0.1, 0.15) is 24.8 Å². The van der Waals surface area contributed by atoms with Crippen LogP contribution in [0.3, 0.4) is 0 Å². The standard InChI is InChI=1S/C22H26N2O4/c1-24-13-11-19(12-14-24)28-22(27)23-20-9-7-17(16-5-3-2-4-6-16)15-18(20)8-10-21(25)26/h2-7,9,15,19H,8,10-14H2,1H3,(H,23,27)(H,25,26). The highest BCUT2D eigenvalue weighted by molar-refractivity contribution is 5.87. The Bertz CT molecular complexity index is 815. The van der Waals surface area contributed by atoms with Crippen LogP contribution in [-0.4, -0.2) is 48.3 Å². The fourth-order valence-electron chi connectivity index (χ4n) is 3.37. The zero-order chi connectivity index (χ0) is 19.9. The first-order valence-corrected chi connectivity index (χ1v) is 9.57. The summed E-state index contributed by atoms with van der Waals surface area (Å²) in [5, 5.41) is 11.9. The molecule has 0 atom stereocenters. The van der Waals surface area contributed by atoms with Gasteiger partial charge in [0, 0.05) is 25.2 Å². The molecule has 2 aromatic rings. The zero-order valence-electron chi connectivity index (χ0n) is 16.1. The third kappa shape index (κ3) is 5.57. The molecule has 1 amide bonds. The lowest BCUT2D eigenvalue weighted by molar-refractivity contribution is -0.136. The number of carboxylic acids is 1. The summed E-state index contributed by atoms with van der Waals surface area (Å²) in [6.07, 6.45) is 1.41. The molecule has 28 heavy (non-hydrogen) atoms. The molecule has 0 aliphatic carbocycles. The van der Waals surface area contributed by atoms with Gasteiger partial charge in [-0.25, -0.2) is 4.79 Å². The van der Waals surface area contributed by atoms with E-state index >= 15 is 0 Å². The second kappa shape index (κ2) is 9.37. The van der Waals surface area contributed by atoms with E-state index in [0.29, 0.717) is 12.1 Å². The summed E-state index contributed by atoms with van der Waals surface area (Å²) >= 11 is 0. The van der Waals surface area contributed by atoms with Crippen molar-refractivity contribution < 1.29 is 19.4 Å². The highest BCUT2D eigenvalue weighted by atomic mass is 16.6. The molecule has 1 saturated heterocycles. The number of carbonyl (C=O) groups excluding carboxylic acids is 1. The Morgan fingerprint density at radius 2 is 1.82 bits per heavy atom. The molecule has 1 heterocycles. The lowest BCUT2D eigenvalue weighted by Gasteiger charge is -2.28. The van der Waals surface area contributed by atoms with Crippen molar-refractivity contribution in [2.24, 2.45) is 0 Å². The van der Waals surface area contributed by atoms with Crippen molar-refractivity contribution in [1.82, 2.24) is 4.90 Å². The van der Waals surface area contributed by atoms with Crippen LogP contribution in [0.5, 0.6) is 0 Å². The Morgan fingerprint density at radius 3 is 2.50 bits per heavy atom. The van der Waals surface area contributed by atoms with Gasteiger partial charge in [0.05, 0.1) is 0 Å². The monoisotopic (exact) mass is 382 g/mol. The molecular weight excluding hydrogens is 356 g/mol. The number of nitrogens with one attached hydrogen (secondary N) is 1. The van der Waals surface area contributed by atoms with Crippen LogP contribution in [-0.2, 0) is 16.0 Å². The third-order valence-corrected chi connectivity index (χ3v) is 5.00. The molecule has 0 radical (unpaired) electrons. The molecule has 2 aromatic carbocycles. The van der Waals surface area contributed by atoms with Gasteiger partial charge in [-0.2, -0.15) is 0 Å². The minimum atomic E-state index is -0.870. The average Bonchev–Trinajstić information content (AvgIpc) is 2.69. The Balaban J connectivity index is 1.73. The van der Waals surface area contributed by atoms with E-state index in [1.165, 1.54) is 0 Å². The summed E-state index contributed by atoms with van der Waals surface area (Å²) in [7, 11) is 2.05. The van der Waals surface area contributed by atoms with Crippen LogP contribution in [0.25, 0.3) is 11.1 Å². The molecule has 0 spiro atoms. The molecule has 3 rings (SSSR count). The highest BCUT2D eigenvalue weighted by Gasteiger charge is 2.21. The maximum Gasteiger partial charge on any atom is 0.411 e. The predicted octanol–water partition coefficient (Wildman–Crippen LogP) is 4.01. The van der Waals surface area contributed by atoms with Gasteiger partial charge in [-0.1, -0.05) is 36.4 Å². The number of hydrogen-bond acceptors (Lipinski definition) is 4. The number of carbonyl (C=O) groups is 2. The Labute approximate surface area is 165 Å². The second-order valence-corrected chi connectivity index (χ2v) is 7.16. The normalized spacial score (nSPS) is 15.2. The van der Waals surface area contributed by atoms with Gasteiger partial charge in [0.2, 0.25) is 0 Å². The topological polar surface area (TPSA) is 78.9 Å². The molecule has 6 heteroatoms. The molecule has 0 unspecified atom stereocenters. The molecule has 148 valence electrons. The number of carboxylic acid groups (broad SMARTS) is 1. The fraction of sp³-hybridized carbons (Fsp3) is 0.364. The summed E-state index contributed by atoms with van der Waals surface area (Å²) in [5.74, 6) is -0.870. The first-order valence-electron chi connectivity index (χ1n) is 9.57. The zero-order valence-corrected chi connectivity index (χ0v) is 16.1. The molecular formula is C22H26N2O4. The number of likely N-dealkylation sites (tertiary alicyclic amines) is 1. The van der Waals surface area contributed by atoms with Crippen LogP contribution in [0.15, 0.2) is 48.5 Å². The van der Waals surface area contributed by atoms with E-state index in [1.54, 1.807) is 0 Å². The first-order chi connectivity index (χ1) is 13.5. The van der Waals surface area contributed by atoms with Crippen LogP contribution in [0.4, 0.5) is 10.5 Å². The van der Waals surface area contributed by atoms with Gasteiger partial charge in [0.25, 0.3) is 0 Å². The maximum absolute atomic E-state index is 12.3. The van der Waals surface area contributed by atoms with Crippen molar-refractivity contribution in [3.63, 3.8) is 0 Å². The van der Waals surface area contributed by atoms with Crippen LogP contribution < -0.4 is 5.32 Å². The summed E-state index contributed by atoms with van der Waals surface area (Å²) in [6.45, 7) is 1.82. The average molecular weight is 382 g/mol. The maximum atomic E-state index is 12.3. The number of nitrogens with zero attached hydrogens (tertiary/aromatic N) is 1. The van der Waals surface area contributed by atoms with Gasteiger partial charge < -0.3 is 14.7 Å². The van der Waals surface area contributed by atoms with E-state index < -0.39 is 12.1 Å². The van der Waals surface area contributed by atoms with Gasteiger partial charge in [0.1, 0.15) is 6.10 Å². The smallest absolute Gasteiger partial charge is 0.411 e. The Hall–Kier alpha value is -2.86. The first kappa shape index (κ1) is 19.9. The van der Waals surface area contributed by atoms with Crippen molar-refractivity contribution >= 4 is 17.7 Å². The molecule has 0 bridgehead atoms. The van der Waals surface area contributed by atoms with E-state index in [-0.39, 0.29) is 12.5 Å². The number of ether oxygens (including phenoxy) is 1. The number of hydrogen-bond donors (Lipinski definition) is 2. The van der Waals surface area contributed by atoms with Gasteiger partial charge >= 0.3 is 12.1 Å². The molecule has 6 nitrogen and oxygen atoms in total. The molecule has 0 saturated carbocycles. The minimum Gasteiger partial charge on any atom is -0.481 e. The van der Waals surface area contributed by atoms with Crippen LogP contribution in [0.2, 0.25) is 0 Å². The van der Waals surface area contributed by atoms with Crippen molar-refractivity contribution in [3.8, 4) is 11.1 Å². The number of aliphatic carboxylic acids is 1. The third-order valence-electron chi connectivity index (χ3n) is 5.00. The van der Waals surface area contributed by atoms with Crippen molar-refractivity contribution in [2.75, 3.05) is 25.5 Å². The molecule has 1 aliphatic heterocycles. The van der Waals surface area contributed by atoms with Crippen molar-refractivity contribution in [2.45, 2.75) is 31.8 Å². The largest absolute Gasteiger partial charge is 0.481 e. The summed E-state index contributed by atoms with van der Waals surface area (Å²) in [4.78, 5) is 25.6. The molecule has 1 fully saturated rings. The van der Waals surface area contributed by atoms with Gasteiger partial charge in [-0.3, -0.25) is 10.1 Å². The van der Waals surface area contributed by atoms with E-state index in [0.717, 1.165) is 42.6 Å². The van der Waals surface area contributed by atoms with Gasteiger partial charge in [-0.05, 0) is 55.1 Å². The van der Waals surface area contributed by atoms with E-state index in [2.05, 4.69) is 17.3 Å². The second-order valence-electron chi connectivity index (χ2n) is 7.16. The van der Waals surface area contributed by atoms with E-state index in [1.807, 2.05) is 48.5 Å². The summed E-state index contributed by atoms with van der Waals surface area (Å²) in [5.41, 5.74) is 3.40. The summed E-state index contributed by atoms with van der Waals surface area (Å²) < 4.78 is 5.55. The van der Waals surface area contributed by atoms with Crippen LogP contribution >= 0.6 is 0 Å². The predicted molar refractivity (Wildman–Crippen MR) is 108 cm³/mol. The minimum absolute atomic E-state index is 0.00305. The molecule has 0 aromatic heterocycles. The number of aryl methyl sites for hydroxylation is 1. The number of anilines is 1. The number of amides is 1. The molecule has 2 N–H and O–H groups in total. The van der Waals surface area contributed by atoms with Crippen molar-refractivity contribution in [3.05, 3.63) is 54.1 Å². The van der Waals surface area contributed by atoms with E-state index in [4.69, 9.17) is 9.84 Å². The van der Waals surface area contributed by atoms with Crippen molar-refractivity contribution in [1.29, 1.82) is 0 Å². The molecule has 1 aliphatic rings. The Morgan fingerprint density at radius 1 is 1.11 bits per heavy atom. The Kier molecular flexibility index (Phi) is 6.66. The van der Waals surface area contributed by atoms with Gasteiger partial charge in [-0.15, -0.1) is 0 Å². The lowest BCUT2D eigenvalue weighted by Crippen LogP contribution is -2.36. The summed E-state index contributed by atoms with van der Waals surface area (Å²) in [6, 6.07) is 15.5. The van der Waals surface area contributed by atoms with Crippen LogP contribution in [0, 0.1) is 0 Å². The van der Waals surface area contributed by atoms with Gasteiger partial charge in [0.15, 0.2) is 0 Å². The SMILES string of the molecule is CN1CCC(OC(=O)Nc2ccc(-c3ccccc3)cc2CCC(=O)O)CC1. The number of rotatable bonds is 6. The highest BCUT2D eigenvalue weighted by Crippen LogP contribution is 2.27. The lowest BCUT2D eigenvalue weighted by atomic mass is 9.99. The fourth-order valence-corrected chi connectivity index (χ4v) is 3.37.